The van der Waals surface area contributed by atoms with E-state index in [4.69, 9.17) is 9.47 Å². The Morgan fingerprint density at radius 2 is 2.11 bits per heavy atom. The fraction of sp³-hybridized carbons (Fsp3) is 0.538. The van der Waals surface area contributed by atoms with Gasteiger partial charge in [-0.2, -0.15) is 5.10 Å². The number of nitrogens with zero attached hydrogens (tertiary/aromatic N) is 2. The lowest BCUT2D eigenvalue weighted by molar-refractivity contribution is -0.0465. The van der Waals surface area contributed by atoms with Crippen LogP contribution >= 0.6 is 0 Å². The molecule has 0 N–H and O–H groups in total. The van der Waals surface area contributed by atoms with Crippen molar-refractivity contribution in [2.24, 2.45) is 0 Å². The lowest BCUT2D eigenvalue weighted by Crippen LogP contribution is -2.24. The fourth-order valence-corrected chi connectivity index (χ4v) is 1.25. The first kappa shape index (κ1) is 14.4. The van der Waals surface area contributed by atoms with Crippen LogP contribution < -0.4 is 5.56 Å². The van der Waals surface area contributed by atoms with Gasteiger partial charge in [0.2, 0.25) is 0 Å². The molecule has 0 aliphatic heterocycles. The molecule has 98 valence electrons. The lowest BCUT2D eigenvalue weighted by Gasteiger charge is -2.07. The minimum Gasteiger partial charge on any atom is -0.359 e. The van der Waals surface area contributed by atoms with Crippen molar-refractivity contribution in [1.29, 1.82) is 0 Å². The molecule has 0 radical (unpaired) electrons. The highest BCUT2D eigenvalue weighted by Crippen LogP contribution is 1.98. The summed E-state index contributed by atoms with van der Waals surface area (Å²) >= 11 is 0. The smallest absolute Gasteiger partial charge is 0.267 e. The Labute approximate surface area is 107 Å². The highest BCUT2D eigenvalue weighted by molar-refractivity contribution is 5.26. The minimum absolute atomic E-state index is 0.0152. The molecule has 1 rings (SSSR count). The van der Waals surface area contributed by atoms with Gasteiger partial charge in [-0.05, 0) is 32.8 Å². The van der Waals surface area contributed by atoms with Crippen LogP contribution in [0.3, 0.4) is 0 Å². The third kappa shape index (κ3) is 4.32. The van der Waals surface area contributed by atoms with E-state index < -0.39 is 0 Å². The van der Waals surface area contributed by atoms with E-state index in [1.165, 1.54) is 10.7 Å². The van der Waals surface area contributed by atoms with E-state index in [9.17, 15) is 4.79 Å². The Hall–Kier alpha value is -1.64. The summed E-state index contributed by atoms with van der Waals surface area (Å²) in [6, 6.07) is 3.09. The molecule has 0 saturated heterocycles. The van der Waals surface area contributed by atoms with Gasteiger partial charge in [0, 0.05) is 13.2 Å². The van der Waals surface area contributed by atoms with Crippen LogP contribution in [0.15, 0.2) is 16.9 Å². The predicted molar refractivity (Wildman–Crippen MR) is 68.2 cm³/mol. The van der Waals surface area contributed by atoms with Crippen LogP contribution in [0.5, 0.6) is 0 Å². The summed E-state index contributed by atoms with van der Waals surface area (Å²) in [5.41, 5.74) is 0.426. The second-order valence-electron chi connectivity index (χ2n) is 4.08. The quantitative estimate of drug-likeness (QED) is 0.595. The monoisotopic (exact) mass is 250 g/mol. The molecule has 1 aromatic heterocycles. The van der Waals surface area contributed by atoms with Gasteiger partial charge in [0.1, 0.15) is 18.6 Å². The Bertz CT molecular complexity index is 497. The maximum Gasteiger partial charge on any atom is 0.267 e. The summed E-state index contributed by atoms with van der Waals surface area (Å²) in [6.45, 7) is 5.82. The van der Waals surface area contributed by atoms with Gasteiger partial charge in [-0.1, -0.05) is 5.92 Å². The van der Waals surface area contributed by atoms with Gasteiger partial charge in [0.15, 0.2) is 0 Å². The summed E-state index contributed by atoms with van der Waals surface area (Å²) in [7, 11) is 1.56. The summed E-state index contributed by atoms with van der Waals surface area (Å²) in [5.74, 6) is 5.76. The molecule has 18 heavy (non-hydrogen) atoms. The molecule has 1 aromatic rings. The zero-order valence-corrected chi connectivity index (χ0v) is 11.1. The van der Waals surface area contributed by atoms with Crippen molar-refractivity contribution in [1.82, 2.24) is 9.78 Å². The molecule has 5 nitrogen and oxygen atoms in total. The van der Waals surface area contributed by atoms with Crippen LogP contribution in [0.2, 0.25) is 0 Å². The van der Waals surface area contributed by atoms with Gasteiger partial charge in [-0.15, -0.1) is 0 Å². The van der Waals surface area contributed by atoms with Crippen LogP contribution in [0.1, 0.15) is 32.5 Å². The maximum atomic E-state index is 11.5. The third-order valence-corrected chi connectivity index (χ3v) is 2.15. The molecule has 1 atom stereocenters. The molecule has 0 aliphatic rings. The highest BCUT2D eigenvalue weighted by Gasteiger charge is 2.02. The van der Waals surface area contributed by atoms with Gasteiger partial charge >= 0.3 is 0 Å². The van der Waals surface area contributed by atoms with Crippen molar-refractivity contribution in [3.05, 3.63) is 28.2 Å². The van der Waals surface area contributed by atoms with Crippen LogP contribution in [-0.4, -0.2) is 29.8 Å². The fourth-order valence-electron chi connectivity index (χ4n) is 1.25. The Balaban J connectivity index is 2.83. The first-order valence-electron chi connectivity index (χ1n) is 5.76. The lowest BCUT2D eigenvalue weighted by atomic mass is 10.3. The topological polar surface area (TPSA) is 53.4 Å². The van der Waals surface area contributed by atoms with Crippen LogP contribution in [0, 0.1) is 11.8 Å². The van der Waals surface area contributed by atoms with E-state index in [-0.39, 0.29) is 24.5 Å². The predicted octanol–water partition coefficient (Wildman–Crippen LogP) is 1.18. The number of methoxy groups -OCH3 is 1. The first-order chi connectivity index (χ1) is 8.54. The maximum absolute atomic E-state index is 11.5. The van der Waals surface area contributed by atoms with E-state index in [1.807, 2.05) is 20.8 Å². The van der Waals surface area contributed by atoms with E-state index in [0.29, 0.717) is 5.69 Å². The van der Waals surface area contributed by atoms with Crippen molar-refractivity contribution < 1.29 is 9.47 Å². The van der Waals surface area contributed by atoms with Crippen LogP contribution in [0.25, 0.3) is 0 Å². The molecule has 0 bridgehead atoms. The molecular weight excluding hydrogens is 232 g/mol. The Morgan fingerprint density at radius 1 is 1.39 bits per heavy atom. The second kappa shape index (κ2) is 6.94. The summed E-state index contributed by atoms with van der Waals surface area (Å²) in [5, 5.41) is 4.17. The first-order valence-corrected chi connectivity index (χ1v) is 5.76. The average Bonchev–Trinajstić information content (AvgIpc) is 2.35. The van der Waals surface area contributed by atoms with E-state index in [2.05, 4.69) is 16.9 Å². The number of rotatable bonds is 4. The van der Waals surface area contributed by atoms with Crippen molar-refractivity contribution in [2.45, 2.75) is 32.9 Å². The average molecular weight is 250 g/mol. The number of aromatic nitrogens is 2. The van der Waals surface area contributed by atoms with E-state index in [0.717, 1.165) is 0 Å². The molecule has 0 amide bonds. The van der Waals surface area contributed by atoms with Gasteiger partial charge in [0.05, 0.1) is 6.04 Å². The Kier molecular flexibility index (Phi) is 5.56. The largest absolute Gasteiger partial charge is 0.359 e. The third-order valence-electron chi connectivity index (χ3n) is 2.15. The molecule has 0 aromatic carbocycles. The molecule has 1 heterocycles. The molecule has 0 spiro atoms. The summed E-state index contributed by atoms with van der Waals surface area (Å²) < 4.78 is 11.4. The normalized spacial score (nSPS) is 12.1. The Morgan fingerprint density at radius 3 is 2.72 bits per heavy atom. The van der Waals surface area contributed by atoms with E-state index >= 15 is 0 Å². The van der Waals surface area contributed by atoms with Gasteiger partial charge in [0.25, 0.3) is 5.56 Å². The molecule has 1 unspecified atom stereocenters. The minimum atomic E-state index is -0.244. The standard InChI is InChI=1S/C13H18N2O3/c1-10(2)15-13(16)8-7-12(14-15)6-5-11(3)18-9-17-4/h7-8,10-11H,9H2,1-4H3. The van der Waals surface area contributed by atoms with E-state index in [1.54, 1.807) is 13.2 Å². The molecule has 0 saturated carbocycles. The summed E-state index contributed by atoms with van der Waals surface area (Å²) in [4.78, 5) is 11.5. The molecule has 0 aliphatic carbocycles. The van der Waals surface area contributed by atoms with Crippen molar-refractivity contribution >= 4 is 0 Å². The van der Waals surface area contributed by atoms with Gasteiger partial charge < -0.3 is 9.47 Å². The zero-order valence-electron chi connectivity index (χ0n) is 11.1. The van der Waals surface area contributed by atoms with Crippen molar-refractivity contribution in [3.63, 3.8) is 0 Å². The number of hydrogen-bond donors (Lipinski definition) is 0. The molecule has 5 heteroatoms. The number of hydrogen-bond acceptors (Lipinski definition) is 4. The summed E-state index contributed by atoms with van der Waals surface area (Å²) in [6.07, 6.45) is -0.244. The van der Waals surface area contributed by atoms with Crippen LogP contribution in [-0.2, 0) is 9.47 Å². The highest BCUT2D eigenvalue weighted by atomic mass is 16.7. The molecular formula is C13H18N2O3. The van der Waals surface area contributed by atoms with Crippen LogP contribution in [0.4, 0.5) is 0 Å². The van der Waals surface area contributed by atoms with Gasteiger partial charge in [-0.3, -0.25) is 4.79 Å². The van der Waals surface area contributed by atoms with Crippen molar-refractivity contribution in [3.8, 4) is 11.8 Å². The van der Waals surface area contributed by atoms with Crippen molar-refractivity contribution in [2.75, 3.05) is 13.9 Å². The zero-order chi connectivity index (χ0) is 13.5. The van der Waals surface area contributed by atoms with Gasteiger partial charge in [-0.25, -0.2) is 4.68 Å². The number of ether oxygens (including phenoxy) is 2. The second-order valence-corrected chi connectivity index (χ2v) is 4.08. The SMILES string of the molecule is COCOC(C)C#Cc1ccc(=O)n(C(C)C)n1. The molecule has 0 fully saturated rings.